The van der Waals surface area contributed by atoms with Crippen LogP contribution in [0.5, 0.6) is 0 Å². The zero-order valence-electron chi connectivity index (χ0n) is 18.1. The highest BCUT2D eigenvalue weighted by atomic mass is 16.2. The standard InChI is InChI=1S/C25H30N4O/c1-19-14-20(2)29(26-19)18-23-10-7-11-24(15-23)25(30)28-13-12-27(16-21(28)3)17-22-8-5-4-6-9-22/h4-11,14-15,21H,12-13,16-18H2,1-3H3. The second kappa shape index (κ2) is 8.84. The minimum atomic E-state index is 0.122. The summed E-state index contributed by atoms with van der Waals surface area (Å²) in [6, 6.07) is 20.8. The van der Waals surface area contributed by atoms with E-state index in [4.69, 9.17) is 0 Å². The lowest BCUT2D eigenvalue weighted by molar-refractivity contribution is 0.0475. The van der Waals surface area contributed by atoms with Gasteiger partial charge in [-0.3, -0.25) is 14.4 Å². The molecular weight excluding hydrogens is 372 g/mol. The van der Waals surface area contributed by atoms with Gasteiger partial charge in [0.25, 0.3) is 5.91 Å². The molecular formula is C25H30N4O. The lowest BCUT2D eigenvalue weighted by atomic mass is 10.1. The lowest BCUT2D eigenvalue weighted by Gasteiger charge is -2.40. The third-order valence-electron chi connectivity index (χ3n) is 5.83. The van der Waals surface area contributed by atoms with Crippen molar-refractivity contribution in [2.45, 2.75) is 39.9 Å². The van der Waals surface area contributed by atoms with E-state index in [9.17, 15) is 4.79 Å². The van der Waals surface area contributed by atoms with Gasteiger partial charge in [-0.2, -0.15) is 5.10 Å². The highest BCUT2D eigenvalue weighted by molar-refractivity contribution is 5.94. The summed E-state index contributed by atoms with van der Waals surface area (Å²) in [5.41, 5.74) is 5.33. The Kier molecular flexibility index (Phi) is 6.00. The van der Waals surface area contributed by atoms with E-state index in [-0.39, 0.29) is 11.9 Å². The van der Waals surface area contributed by atoms with Crippen LogP contribution in [0, 0.1) is 13.8 Å². The summed E-state index contributed by atoms with van der Waals surface area (Å²) in [5, 5.41) is 4.54. The lowest BCUT2D eigenvalue weighted by Crippen LogP contribution is -2.53. The van der Waals surface area contributed by atoms with E-state index in [1.807, 2.05) is 40.8 Å². The van der Waals surface area contributed by atoms with E-state index < -0.39 is 0 Å². The van der Waals surface area contributed by atoms with Crippen molar-refractivity contribution in [3.8, 4) is 0 Å². The summed E-state index contributed by atoms with van der Waals surface area (Å²) in [4.78, 5) is 17.7. The van der Waals surface area contributed by atoms with Crippen molar-refractivity contribution in [2.24, 2.45) is 0 Å². The SMILES string of the molecule is Cc1cc(C)n(Cc2cccc(C(=O)N3CCN(Cc4ccccc4)CC3C)c2)n1. The molecule has 1 fully saturated rings. The van der Waals surface area contributed by atoms with Gasteiger partial charge in [-0.1, -0.05) is 42.5 Å². The van der Waals surface area contributed by atoms with Gasteiger partial charge in [0, 0.05) is 43.5 Å². The molecule has 156 valence electrons. The van der Waals surface area contributed by atoms with Gasteiger partial charge in [0.1, 0.15) is 0 Å². The fourth-order valence-electron chi connectivity index (χ4n) is 4.30. The minimum absolute atomic E-state index is 0.122. The van der Waals surface area contributed by atoms with Gasteiger partial charge in [-0.05, 0) is 50.1 Å². The Morgan fingerprint density at radius 2 is 1.73 bits per heavy atom. The van der Waals surface area contributed by atoms with Crippen molar-refractivity contribution in [2.75, 3.05) is 19.6 Å². The van der Waals surface area contributed by atoms with Crippen molar-refractivity contribution in [3.05, 3.63) is 88.7 Å². The van der Waals surface area contributed by atoms with Crippen LogP contribution in [0.15, 0.2) is 60.7 Å². The first-order chi connectivity index (χ1) is 14.5. The molecule has 3 aromatic rings. The molecule has 1 atom stereocenters. The van der Waals surface area contributed by atoms with Gasteiger partial charge >= 0.3 is 0 Å². The normalized spacial score (nSPS) is 17.3. The largest absolute Gasteiger partial charge is 0.333 e. The van der Waals surface area contributed by atoms with Crippen LogP contribution in [0.3, 0.4) is 0 Å². The molecule has 0 bridgehead atoms. The van der Waals surface area contributed by atoms with E-state index in [0.717, 1.165) is 48.7 Å². The Hall–Kier alpha value is -2.92. The van der Waals surface area contributed by atoms with Crippen LogP contribution in [0.25, 0.3) is 0 Å². The summed E-state index contributed by atoms with van der Waals surface area (Å²) >= 11 is 0. The number of amides is 1. The summed E-state index contributed by atoms with van der Waals surface area (Å²) in [7, 11) is 0. The molecule has 1 saturated heterocycles. The van der Waals surface area contributed by atoms with Crippen LogP contribution < -0.4 is 0 Å². The number of benzene rings is 2. The maximum atomic E-state index is 13.2. The second-order valence-electron chi connectivity index (χ2n) is 8.35. The number of carbonyl (C=O) groups is 1. The molecule has 1 amide bonds. The van der Waals surface area contributed by atoms with Gasteiger partial charge in [0.2, 0.25) is 0 Å². The smallest absolute Gasteiger partial charge is 0.254 e. The Balaban J connectivity index is 1.41. The average molecular weight is 403 g/mol. The Morgan fingerprint density at radius 3 is 2.43 bits per heavy atom. The second-order valence-corrected chi connectivity index (χ2v) is 8.35. The molecule has 0 spiro atoms. The molecule has 1 aromatic heterocycles. The first-order valence-electron chi connectivity index (χ1n) is 10.7. The zero-order chi connectivity index (χ0) is 21.1. The molecule has 2 aromatic carbocycles. The van der Waals surface area contributed by atoms with Crippen molar-refractivity contribution >= 4 is 5.91 Å². The third kappa shape index (κ3) is 4.62. The third-order valence-corrected chi connectivity index (χ3v) is 5.83. The van der Waals surface area contributed by atoms with Gasteiger partial charge in [-0.15, -0.1) is 0 Å². The maximum Gasteiger partial charge on any atom is 0.254 e. The Labute approximate surface area is 178 Å². The number of hydrogen-bond donors (Lipinski definition) is 0. The molecule has 5 nitrogen and oxygen atoms in total. The van der Waals surface area contributed by atoms with Crippen molar-refractivity contribution in [1.82, 2.24) is 19.6 Å². The average Bonchev–Trinajstić information content (AvgIpc) is 3.05. The minimum Gasteiger partial charge on any atom is -0.333 e. The number of carbonyl (C=O) groups excluding carboxylic acids is 1. The number of piperazine rings is 1. The number of aromatic nitrogens is 2. The van der Waals surface area contributed by atoms with E-state index in [0.29, 0.717) is 6.54 Å². The van der Waals surface area contributed by atoms with Crippen LogP contribution in [0.2, 0.25) is 0 Å². The van der Waals surface area contributed by atoms with E-state index >= 15 is 0 Å². The maximum absolute atomic E-state index is 13.2. The van der Waals surface area contributed by atoms with Crippen LogP contribution >= 0.6 is 0 Å². The summed E-state index contributed by atoms with van der Waals surface area (Å²) in [5.74, 6) is 0.122. The number of aryl methyl sites for hydroxylation is 2. The fourth-order valence-corrected chi connectivity index (χ4v) is 4.30. The van der Waals surface area contributed by atoms with Crippen LogP contribution in [0.1, 0.15) is 39.8 Å². The number of rotatable bonds is 5. The molecule has 0 N–H and O–H groups in total. The van der Waals surface area contributed by atoms with Crippen LogP contribution in [-0.4, -0.2) is 51.2 Å². The monoisotopic (exact) mass is 402 g/mol. The molecule has 1 unspecified atom stereocenters. The van der Waals surface area contributed by atoms with Crippen molar-refractivity contribution in [3.63, 3.8) is 0 Å². The highest BCUT2D eigenvalue weighted by Crippen LogP contribution is 2.18. The first-order valence-corrected chi connectivity index (χ1v) is 10.7. The van der Waals surface area contributed by atoms with E-state index in [2.05, 4.69) is 60.2 Å². The zero-order valence-corrected chi connectivity index (χ0v) is 18.1. The molecule has 4 rings (SSSR count). The summed E-state index contributed by atoms with van der Waals surface area (Å²) in [6.45, 7) is 10.4. The predicted octanol–water partition coefficient (Wildman–Crippen LogP) is 3.89. The molecule has 0 aliphatic carbocycles. The van der Waals surface area contributed by atoms with Gasteiger partial charge in [0.15, 0.2) is 0 Å². The van der Waals surface area contributed by atoms with Crippen molar-refractivity contribution < 1.29 is 4.79 Å². The van der Waals surface area contributed by atoms with Gasteiger partial charge < -0.3 is 4.90 Å². The Morgan fingerprint density at radius 1 is 0.967 bits per heavy atom. The Bertz CT molecular complexity index is 1010. The molecule has 2 heterocycles. The molecule has 1 aliphatic rings. The quantitative estimate of drug-likeness (QED) is 0.650. The summed E-state index contributed by atoms with van der Waals surface area (Å²) < 4.78 is 1.99. The van der Waals surface area contributed by atoms with Crippen LogP contribution in [0.4, 0.5) is 0 Å². The molecule has 1 aliphatic heterocycles. The topological polar surface area (TPSA) is 41.4 Å². The van der Waals surface area contributed by atoms with E-state index in [1.165, 1.54) is 5.56 Å². The predicted molar refractivity (Wildman–Crippen MR) is 119 cm³/mol. The number of hydrogen-bond acceptors (Lipinski definition) is 3. The number of nitrogens with zero attached hydrogens (tertiary/aromatic N) is 4. The first kappa shape index (κ1) is 20.4. The molecule has 0 saturated carbocycles. The van der Waals surface area contributed by atoms with Crippen LogP contribution in [-0.2, 0) is 13.1 Å². The molecule has 5 heteroatoms. The molecule has 30 heavy (non-hydrogen) atoms. The van der Waals surface area contributed by atoms with Crippen molar-refractivity contribution in [1.29, 1.82) is 0 Å². The van der Waals surface area contributed by atoms with Gasteiger partial charge in [-0.25, -0.2) is 0 Å². The highest BCUT2D eigenvalue weighted by Gasteiger charge is 2.28. The molecule has 0 radical (unpaired) electrons. The fraction of sp³-hybridized carbons (Fsp3) is 0.360. The summed E-state index contributed by atoms with van der Waals surface area (Å²) in [6.07, 6.45) is 0. The van der Waals surface area contributed by atoms with E-state index in [1.54, 1.807) is 0 Å². The van der Waals surface area contributed by atoms with Gasteiger partial charge in [0.05, 0.1) is 12.2 Å².